The van der Waals surface area contributed by atoms with Crippen molar-refractivity contribution in [1.82, 2.24) is 10.6 Å². The van der Waals surface area contributed by atoms with Gasteiger partial charge in [-0.2, -0.15) is 0 Å². The largest absolute Gasteiger partial charge is 0.481 e. The number of rotatable bonds is 11. The molecule has 2 atom stereocenters. The fraction of sp³-hybridized carbons (Fsp3) is 0.636. The van der Waals surface area contributed by atoms with Crippen LogP contribution in [0.4, 0.5) is 4.79 Å². The van der Waals surface area contributed by atoms with Gasteiger partial charge in [0.15, 0.2) is 0 Å². The smallest absolute Gasteiger partial charge is 0.465 e. The maximum atomic E-state index is 13.0. The SMILES string of the molecule is CC1(C)OB([C@H](CCCc2ccccc2)NC(=O)C(CCS(C)(=O)=O)NC(=O)O)OC1(C)C. The summed E-state index contributed by atoms with van der Waals surface area (Å²) in [7, 11) is -4.10. The van der Waals surface area contributed by atoms with Crippen molar-refractivity contribution < 1.29 is 32.4 Å². The number of carbonyl (C=O) groups excluding carboxylic acids is 1. The van der Waals surface area contributed by atoms with Gasteiger partial charge in [0, 0.05) is 6.26 Å². The highest BCUT2D eigenvalue weighted by Crippen LogP contribution is 2.38. The van der Waals surface area contributed by atoms with Crippen molar-refractivity contribution in [1.29, 1.82) is 0 Å². The topological polar surface area (TPSA) is 131 Å². The van der Waals surface area contributed by atoms with Gasteiger partial charge in [0.25, 0.3) is 0 Å². The number of hydrogen-bond acceptors (Lipinski definition) is 6. The molecule has 0 aliphatic carbocycles. The molecule has 9 nitrogen and oxygen atoms in total. The van der Waals surface area contributed by atoms with Crippen LogP contribution in [-0.4, -0.2) is 67.8 Å². The maximum absolute atomic E-state index is 13.0. The third-order valence-electron chi connectivity index (χ3n) is 6.14. The first-order valence-electron chi connectivity index (χ1n) is 11.1. The summed E-state index contributed by atoms with van der Waals surface area (Å²) in [5.74, 6) is -1.47. The van der Waals surface area contributed by atoms with E-state index in [-0.39, 0.29) is 12.2 Å². The van der Waals surface area contributed by atoms with Gasteiger partial charge in [0.2, 0.25) is 5.91 Å². The molecule has 0 radical (unpaired) electrons. The minimum absolute atomic E-state index is 0.170. The van der Waals surface area contributed by atoms with Gasteiger partial charge < -0.3 is 25.0 Å². The number of benzene rings is 1. The van der Waals surface area contributed by atoms with Crippen LogP contribution in [-0.2, 0) is 30.4 Å². The molecule has 1 aromatic rings. The number of carbonyl (C=O) groups is 2. The number of amides is 2. The van der Waals surface area contributed by atoms with Gasteiger partial charge in [-0.3, -0.25) is 4.79 Å². The molecule has 1 saturated heterocycles. The maximum Gasteiger partial charge on any atom is 0.481 e. The second-order valence-electron chi connectivity index (χ2n) is 9.54. The molecule has 1 fully saturated rings. The van der Waals surface area contributed by atoms with Crippen molar-refractivity contribution >= 4 is 29.0 Å². The molecular weight excluding hydrogens is 447 g/mol. The van der Waals surface area contributed by atoms with E-state index in [1.165, 1.54) is 0 Å². The molecule has 1 aliphatic rings. The molecule has 0 spiro atoms. The Labute approximate surface area is 196 Å². The molecule has 1 aliphatic heterocycles. The monoisotopic (exact) mass is 482 g/mol. The third-order valence-corrected chi connectivity index (χ3v) is 7.12. The lowest BCUT2D eigenvalue weighted by Crippen LogP contribution is -2.54. The second kappa shape index (κ2) is 10.9. The zero-order chi connectivity index (χ0) is 24.9. The van der Waals surface area contributed by atoms with Gasteiger partial charge in [-0.25, -0.2) is 13.2 Å². The summed E-state index contributed by atoms with van der Waals surface area (Å²) >= 11 is 0. The standard InChI is InChI=1S/C22H35BN2O7S/c1-21(2)22(3,4)32-23(31-21)18(13-9-12-16-10-7-6-8-11-16)25-19(26)17(24-20(27)28)14-15-33(5,29)30/h6-8,10-11,17-18,24H,9,12-15H2,1-5H3,(H,25,26)(H,27,28)/t17?,18-/m0/s1. The van der Waals surface area contributed by atoms with Crippen LogP contribution in [0, 0.1) is 0 Å². The lowest BCUT2D eigenvalue weighted by Gasteiger charge is -2.32. The first-order chi connectivity index (χ1) is 15.2. The number of nitrogens with one attached hydrogen (secondary N) is 2. The zero-order valence-electron chi connectivity index (χ0n) is 20.0. The Balaban J connectivity index is 2.14. The van der Waals surface area contributed by atoms with E-state index in [0.29, 0.717) is 6.42 Å². The molecule has 11 heteroatoms. The van der Waals surface area contributed by atoms with Crippen LogP contribution in [0.3, 0.4) is 0 Å². The molecule has 2 amide bonds. The Bertz CT molecular complexity index is 906. The molecule has 1 heterocycles. The Morgan fingerprint density at radius 2 is 1.61 bits per heavy atom. The molecular formula is C22H35BN2O7S. The number of hydrogen-bond donors (Lipinski definition) is 3. The Morgan fingerprint density at radius 1 is 1.03 bits per heavy atom. The van der Waals surface area contributed by atoms with Crippen LogP contribution in [0.2, 0.25) is 0 Å². The molecule has 0 bridgehead atoms. The lowest BCUT2D eigenvalue weighted by molar-refractivity contribution is -0.123. The van der Waals surface area contributed by atoms with Crippen LogP contribution < -0.4 is 10.6 Å². The summed E-state index contributed by atoms with van der Waals surface area (Å²) in [5, 5.41) is 14.1. The highest BCUT2D eigenvalue weighted by atomic mass is 32.2. The first kappa shape index (κ1) is 27.1. The normalized spacial score (nSPS) is 19.0. The van der Waals surface area contributed by atoms with Crippen molar-refractivity contribution in [2.75, 3.05) is 12.0 Å². The lowest BCUT2D eigenvalue weighted by atomic mass is 9.75. The second-order valence-corrected chi connectivity index (χ2v) is 11.8. The van der Waals surface area contributed by atoms with E-state index in [9.17, 15) is 18.0 Å². The van der Waals surface area contributed by atoms with E-state index in [4.69, 9.17) is 14.4 Å². The quantitative estimate of drug-likeness (QED) is 0.412. The summed E-state index contributed by atoms with van der Waals surface area (Å²) in [6.07, 6.45) is 1.52. The minimum atomic E-state index is -3.37. The van der Waals surface area contributed by atoms with E-state index in [0.717, 1.165) is 24.7 Å². The van der Waals surface area contributed by atoms with Gasteiger partial charge in [0.05, 0.1) is 22.9 Å². The summed E-state index contributed by atoms with van der Waals surface area (Å²) in [6.45, 7) is 7.65. The highest BCUT2D eigenvalue weighted by molar-refractivity contribution is 7.90. The van der Waals surface area contributed by atoms with Crippen LogP contribution in [0.1, 0.15) is 52.5 Å². The number of aryl methyl sites for hydroxylation is 1. The van der Waals surface area contributed by atoms with Gasteiger partial charge in [0.1, 0.15) is 15.9 Å². The van der Waals surface area contributed by atoms with Crippen LogP contribution in [0.25, 0.3) is 0 Å². The Hall–Kier alpha value is -2.11. The molecule has 3 N–H and O–H groups in total. The molecule has 1 aromatic carbocycles. The van der Waals surface area contributed by atoms with Crippen LogP contribution in [0.15, 0.2) is 30.3 Å². The van der Waals surface area contributed by atoms with Crippen LogP contribution >= 0.6 is 0 Å². The molecule has 1 unspecified atom stereocenters. The van der Waals surface area contributed by atoms with Gasteiger partial charge >= 0.3 is 13.2 Å². The van der Waals surface area contributed by atoms with Crippen molar-refractivity contribution in [3.8, 4) is 0 Å². The molecule has 184 valence electrons. The first-order valence-corrected chi connectivity index (χ1v) is 13.1. The Kier molecular flexibility index (Phi) is 8.95. The van der Waals surface area contributed by atoms with Crippen molar-refractivity contribution in [3.63, 3.8) is 0 Å². The number of sulfone groups is 1. The van der Waals surface area contributed by atoms with E-state index in [1.54, 1.807) is 0 Å². The van der Waals surface area contributed by atoms with E-state index < -0.39 is 52.1 Å². The molecule has 33 heavy (non-hydrogen) atoms. The van der Waals surface area contributed by atoms with Gasteiger partial charge in [-0.15, -0.1) is 0 Å². The molecule has 0 saturated carbocycles. The van der Waals surface area contributed by atoms with Crippen molar-refractivity contribution in [3.05, 3.63) is 35.9 Å². The minimum Gasteiger partial charge on any atom is -0.465 e. The predicted octanol–water partition coefficient (Wildman–Crippen LogP) is 2.20. The molecule has 2 rings (SSSR count). The van der Waals surface area contributed by atoms with Gasteiger partial charge in [-0.05, 0) is 58.9 Å². The van der Waals surface area contributed by atoms with E-state index in [2.05, 4.69) is 10.6 Å². The average molecular weight is 482 g/mol. The summed E-state index contributed by atoms with van der Waals surface area (Å²) in [4.78, 5) is 24.2. The van der Waals surface area contributed by atoms with Gasteiger partial charge in [-0.1, -0.05) is 30.3 Å². The number of carboxylic acid groups (broad SMARTS) is 1. The fourth-order valence-electron chi connectivity index (χ4n) is 3.53. The van der Waals surface area contributed by atoms with E-state index in [1.807, 2.05) is 58.0 Å². The zero-order valence-corrected chi connectivity index (χ0v) is 20.8. The summed E-state index contributed by atoms with van der Waals surface area (Å²) in [6, 6.07) is 8.72. The third kappa shape index (κ3) is 8.31. The van der Waals surface area contributed by atoms with Crippen LogP contribution in [0.5, 0.6) is 0 Å². The fourth-order valence-corrected chi connectivity index (χ4v) is 4.20. The van der Waals surface area contributed by atoms with E-state index >= 15 is 0 Å². The predicted molar refractivity (Wildman–Crippen MR) is 127 cm³/mol. The Morgan fingerprint density at radius 3 is 2.12 bits per heavy atom. The molecule has 0 aromatic heterocycles. The van der Waals surface area contributed by atoms with Crippen molar-refractivity contribution in [2.24, 2.45) is 0 Å². The van der Waals surface area contributed by atoms with Crippen molar-refractivity contribution in [2.45, 2.75) is 76.6 Å². The average Bonchev–Trinajstić information content (AvgIpc) is 2.91. The summed E-state index contributed by atoms with van der Waals surface area (Å²) in [5.41, 5.74) is -0.0421. The summed E-state index contributed by atoms with van der Waals surface area (Å²) < 4.78 is 35.4. The highest BCUT2D eigenvalue weighted by Gasteiger charge is 2.54.